The van der Waals surface area contributed by atoms with Crippen LogP contribution in [0.5, 0.6) is 0 Å². The Morgan fingerprint density at radius 1 is 0.265 bits per heavy atom. The summed E-state index contributed by atoms with van der Waals surface area (Å²) in [5, 5.41) is 7.46. The molecule has 9 aromatic rings. The Hall–Kier alpha value is -6.44. The Bertz CT molecular complexity index is 2580. The number of benzene rings is 9. The average molecular weight is 624 g/mol. The van der Waals surface area contributed by atoms with Crippen molar-refractivity contribution in [2.24, 2.45) is 0 Å². The van der Waals surface area contributed by atoms with E-state index in [-0.39, 0.29) is 0 Å². The zero-order valence-electron chi connectivity index (χ0n) is 27.0. The van der Waals surface area contributed by atoms with E-state index in [1.807, 2.05) is 0 Å². The molecule has 1 heteroatoms. The summed E-state index contributed by atoms with van der Waals surface area (Å²) in [5.74, 6) is 0. The van der Waals surface area contributed by atoms with E-state index in [0.29, 0.717) is 0 Å². The van der Waals surface area contributed by atoms with Crippen molar-refractivity contribution in [1.29, 1.82) is 0 Å². The molecule has 230 valence electrons. The Morgan fingerprint density at radius 3 is 1.51 bits per heavy atom. The SMILES string of the molecule is c1ccc(-c2ccc(N(c3ccc(-c4ccc5ccccc5c4)cc3)c3ccc(-c4cccc5ccccc45)c4ccccc34)cc2)cc1. The summed E-state index contributed by atoms with van der Waals surface area (Å²) in [4.78, 5) is 2.40. The van der Waals surface area contributed by atoms with E-state index < -0.39 is 0 Å². The monoisotopic (exact) mass is 623 g/mol. The maximum atomic E-state index is 2.40. The molecule has 9 aromatic carbocycles. The van der Waals surface area contributed by atoms with Gasteiger partial charge >= 0.3 is 0 Å². The van der Waals surface area contributed by atoms with E-state index in [2.05, 4.69) is 205 Å². The van der Waals surface area contributed by atoms with Gasteiger partial charge in [0, 0.05) is 16.8 Å². The van der Waals surface area contributed by atoms with Crippen molar-refractivity contribution in [2.45, 2.75) is 0 Å². The fourth-order valence-electron chi connectivity index (χ4n) is 7.21. The second kappa shape index (κ2) is 12.3. The molecule has 0 radical (unpaired) electrons. The predicted octanol–water partition coefficient (Wildman–Crippen LogP) is 13.6. The van der Waals surface area contributed by atoms with Gasteiger partial charge in [-0.3, -0.25) is 0 Å². The molecule has 0 fully saturated rings. The second-order valence-electron chi connectivity index (χ2n) is 12.6. The van der Waals surface area contributed by atoms with Gasteiger partial charge in [0.05, 0.1) is 5.69 Å². The van der Waals surface area contributed by atoms with E-state index in [1.54, 1.807) is 0 Å². The zero-order chi connectivity index (χ0) is 32.6. The lowest BCUT2D eigenvalue weighted by atomic mass is 9.93. The van der Waals surface area contributed by atoms with Gasteiger partial charge in [0.25, 0.3) is 0 Å². The Morgan fingerprint density at radius 2 is 0.776 bits per heavy atom. The fourth-order valence-corrected chi connectivity index (χ4v) is 7.21. The molecule has 0 aliphatic carbocycles. The van der Waals surface area contributed by atoms with Crippen LogP contribution in [0.15, 0.2) is 200 Å². The number of hydrogen-bond donors (Lipinski definition) is 0. The summed E-state index contributed by atoms with van der Waals surface area (Å²) in [7, 11) is 0. The van der Waals surface area contributed by atoms with E-state index in [9.17, 15) is 0 Å². The van der Waals surface area contributed by atoms with Crippen molar-refractivity contribution in [2.75, 3.05) is 4.90 Å². The van der Waals surface area contributed by atoms with Gasteiger partial charge in [0.2, 0.25) is 0 Å². The standard InChI is InChI=1S/C48H33N/c1-2-11-34(12-3-1)36-23-27-41(28-24-36)49(42-29-25-37(26-30-42)40-22-21-35-13-4-5-15-39(35)33-40)48-32-31-46(45-18-8-9-19-47(45)48)44-20-10-16-38-14-6-7-17-43(38)44/h1-33H. The molecule has 0 N–H and O–H groups in total. The average Bonchev–Trinajstić information content (AvgIpc) is 3.18. The molecular formula is C48H33N. The van der Waals surface area contributed by atoms with Crippen LogP contribution in [-0.4, -0.2) is 0 Å². The molecule has 9 rings (SSSR count). The Labute approximate surface area is 287 Å². The minimum atomic E-state index is 1.11. The van der Waals surface area contributed by atoms with Gasteiger partial charge < -0.3 is 4.90 Å². The summed E-state index contributed by atoms with van der Waals surface area (Å²) in [6, 6.07) is 72.5. The highest BCUT2D eigenvalue weighted by Crippen LogP contribution is 2.43. The van der Waals surface area contributed by atoms with Crippen LogP contribution in [0.1, 0.15) is 0 Å². The van der Waals surface area contributed by atoms with Crippen molar-refractivity contribution >= 4 is 49.4 Å². The summed E-state index contributed by atoms with van der Waals surface area (Å²) < 4.78 is 0. The molecule has 0 amide bonds. The first-order chi connectivity index (χ1) is 24.3. The first kappa shape index (κ1) is 28.8. The first-order valence-electron chi connectivity index (χ1n) is 16.8. The molecule has 0 aromatic heterocycles. The minimum Gasteiger partial charge on any atom is -0.310 e. The minimum absolute atomic E-state index is 1.11. The van der Waals surface area contributed by atoms with Crippen LogP contribution in [-0.2, 0) is 0 Å². The summed E-state index contributed by atoms with van der Waals surface area (Å²) >= 11 is 0. The van der Waals surface area contributed by atoms with Crippen LogP contribution in [0.3, 0.4) is 0 Å². The highest BCUT2D eigenvalue weighted by atomic mass is 15.1. The molecule has 0 aliphatic heterocycles. The van der Waals surface area contributed by atoms with Crippen molar-refractivity contribution < 1.29 is 0 Å². The predicted molar refractivity (Wildman–Crippen MR) is 210 cm³/mol. The third-order valence-electron chi connectivity index (χ3n) is 9.66. The third kappa shape index (κ3) is 5.32. The molecule has 49 heavy (non-hydrogen) atoms. The molecule has 0 atom stereocenters. The lowest BCUT2D eigenvalue weighted by molar-refractivity contribution is 1.30. The van der Waals surface area contributed by atoms with Crippen molar-refractivity contribution in [1.82, 2.24) is 0 Å². The lowest BCUT2D eigenvalue weighted by Gasteiger charge is -2.28. The van der Waals surface area contributed by atoms with Crippen LogP contribution in [0, 0.1) is 0 Å². The molecule has 0 heterocycles. The maximum absolute atomic E-state index is 2.40. The van der Waals surface area contributed by atoms with Crippen LogP contribution < -0.4 is 4.90 Å². The largest absolute Gasteiger partial charge is 0.310 e. The molecule has 0 bridgehead atoms. The molecule has 0 saturated carbocycles. The molecule has 0 unspecified atom stereocenters. The Kier molecular flexibility index (Phi) is 7.22. The summed E-state index contributed by atoms with van der Waals surface area (Å²) in [5.41, 5.74) is 10.7. The van der Waals surface area contributed by atoms with E-state index in [1.165, 1.54) is 65.7 Å². The van der Waals surface area contributed by atoms with Crippen LogP contribution in [0.25, 0.3) is 65.7 Å². The van der Waals surface area contributed by atoms with Crippen molar-refractivity contribution in [3.63, 3.8) is 0 Å². The van der Waals surface area contributed by atoms with Gasteiger partial charge in [-0.05, 0) is 96.7 Å². The topological polar surface area (TPSA) is 3.24 Å². The van der Waals surface area contributed by atoms with Crippen LogP contribution >= 0.6 is 0 Å². The summed E-state index contributed by atoms with van der Waals surface area (Å²) in [6.07, 6.45) is 0. The third-order valence-corrected chi connectivity index (χ3v) is 9.66. The Balaban J connectivity index is 1.20. The number of hydrogen-bond acceptors (Lipinski definition) is 1. The molecule has 1 nitrogen and oxygen atoms in total. The zero-order valence-corrected chi connectivity index (χ0v) is 27.0. The number of fused-ring (bicyclic) bond motifs is 3. The van der Waals surface area contributed by atoms with E-state index >= 15 is 0 Å². The number of nitrogens with zero attached hydrogens (tertiary/aromatic N) is 1. The lowest BCUT2D eigenvalue weighted by Crippen LogP contribution is -2.10. The van der Waals surface area contributed by atoms with Gasteiger partial charge in [0.15, 0.2) is 0 Å². The molecule has 0 saturated heterocycles. The normalized spacial score (nSPS) is 11.3. The quantitative estimate of drug-likeness (QED) is 0.178. The smallest absolute Gasteiger partial charge is 0.0540 e. The van der Waals surface area contributed by atoms with Gasteiger partial charge in [-0.2, -0.15) is 0 Å². The van der Waals surface area contributed by atoms with Gasteiger partial charge in [-0.15, -0.1) is 0 Å². The maximum Gasteiger partial charge on any atom is 0.0540 e. The van der Waals surface area contributed by atoms with Gasteiger partial charge in [-0.25, -0.2) is 0 Å². The number of anilines is 3. The summed E-state index contributed by atoms with van der Waals surface area (Å²) in [6.45, 7) is 0. The highest BCUT2D eigenvalue weighted by molar-refractivity contribution is 6.10. The van der Waals surface area contributed by atoms with Crippen molar-refractivity contribution in [3.05, 3.63) is 200 Å². The van der Waals surface area contributed by atoms with Gasteiger partial charge in [0.1, 0.15) is 0 Å². The van der Waals surface area contributed by atoms with Crippen LogP contribution in [0.2, 0.25) is 0 Å². The van der Waals surface area contributed by atoms with E-state index in [4.69, 9.17) is 0 Å². The van der Waals surface area contributed by atoms with Gasteiger partial charge in [-0.1, -0.05) is 164 Å². The van der Waals surface area contributed by atoms with Crippen molar-refractivity contribution in [3.8, 4) is 33.4 Å². The second-order valence-corrected chi connectivity index (χ2v) is 12.6. The molecular weight excluding hydrogens is 591 g/mol. The molecule has 0 spiro atoms. The number of rotatable bonds is 6. The highest BCUT2D eigenvalue weighted by Gasteiger charge is 2.18. The first-order valence-corrected chi connectivity index (χ1v) is 16.8. The van der Waals surface area contributed by atoms with Crippen LogP contribution in [0.4, 0.5) is 17.1 Å². The van der Waals surface area contributed by atoms with E-state index in [0.717, 1.165) is 17.1 Å². The molecule has 0 aliphatic rings. The fraction of sp³-hybridized carbons (Fsp3) is 0.